The third-order valence-corrected chi connectivity index (χ3v) is 14.0. The number of hydrogen-bond acceptors (Lipinski definition) is 21. The lowest BCUT2D eigenvalue weighted by Gasteiger charge is -2.27. The number of nitrogens with zero attached hydrogens (tertiary/aromatic N) is 6. The van der Waals surface area contributed by atoms with Crippen molar-refractivity contribution in [3.63, 3.8) is 0 Å². The van der Waals surface area contributed by atoms with Crippen LogP contribution < -0.4 is 77.0 Å². The van der Waals surface area contributed by atoms with Crippen molar-refractivity contribution >= 4 is 133 Å². The number of nitrogens with two attached hydrogens (primary N) is 6. The second-order valence-electron chi connectivity index (χ2n) is 16.1. The second-order valence-corrected chi connectivity index (χ2v) is 19.4. The molecule has 0 atom stereocenters. The molecular formula is C45H53ClI4N12O10. The standard InChI is InChI=1S/C15H16I2N4O3.C15H17IN4O3.C15H18N4O3.ClI.H2O/c1-6(2)8-11(24-7-5-20-15(19)21-14(7)18)9(16)10(17)13-12(8)22-3-4-23-13;1-7(2)11-12(23-10-6-19-15(18)20-14(10)17)8(16)5-9-13(11)22-4-3-21-9;1-8(2)12-9(3-4-10-13(12)21-6-5-20-10)22-11-7-18-15(17)19-14(11)16;1-2;/h5-6H,3-4H2,1-2H3,(H4,18,19,20,21);5-7H,3-4H2,1-2H3,(H4,17,18,19,20);3-4,7-8H,5-6H2,1-2H3,(H4,16,17,18,19);;1H2. The SMILES string of the molecule is CC(C)c1c(Oc2cnc(N)nc2N)c(I)c(I)c2c1OCCO2.CC(C)c1c(Oc2cnc(N)nc2N)c(I)cc2c1OCCO2.CC(C)c1c(Oc2cnc(N)nc2N)ccc2c1OCCO2.ClI.O. The van der Waals surface area contributed by atoms with E-state index >= 15 is 0 Å². The fourth-order valence-electron chi connectivity index (χ4n) is 7.14. The van der Waals surface area contributed by atoms with E-state index in [9.17, 15) is 0 Å². The van der Waals surface area contributed by atoms with Crippen molar-refractivity contribution in [2.75, 3.05) is 74.0 Å². The first-order chi connectivity index (χ1) is 33.9. The van der Waals surface area contributed by atoms with E-state index in [-0.39, 0.29) is 58.5 Å². The van der Waals surface area contributed by atoms with Crippen molar-refractivity contribution in [1.29, 1.82) is 0 Å². The number of fused-ring (bicyclic) bond motifs is 3. The molecule has 388 valence electrons. The third kappa shape index (κ3) is 13.6. The fraction of sp³-hybridized carbons (Fsp3) is 0.333. The van der Waals surface area contributed by atoms with Gasteiger partial charge < -0.3 is 82.5 Å². The van der Waals surface area contributed by atoms with Gasteiger partial charge in [-0.15, -0.1) is 0 Å². The third-order valence-electron chi connectivity index (χ3n) is 10.1. The fourth-order valence-corrected chi connectivity index (χ4v) is 9.12. The Labute approximate surface area is 473 Å². The Morgan fingerprint density at radius 2 is 0.861 bits per heavy atom. The maximum atomic E-state index is 6.08. The zero-order valence-electron chi connectivity index (χ0n) is 39.7. The monoisotopic (exact) mass is 1460 g/mol. The largest absolute Gasteiger partial charge is 0.486 e. The summed E-state index contributed by atoms with van der Waals surface area (Å²) in [5.41, 5.74) is 37.0. The van der Waals surface area contributed by atoms with Crippen LogP contribution in [0.3, 0.4) is 0 Å². The summed E-state index contributed by atoms with van der Waals surface area (Å²) in [6.45, 7) is 15.6. The summed E-state index contributed by atoms with van der Waals surface area (Å²) in [5.74, 6) is 8.87. The molecule has 3 aromatic heterocycles. The van der Waals surface area contributed by atoms with E-state index in [4.69, 9.17) is 77.0 Å². The van der Waals surface area contributed by atoms with Gasteiger partial charge in [0.15, 0.2) is 69.2 Å². The summed E-state index contributed by atoms with van der Waals surface area (Å²) in [4.78, 5) is 23.5. The highest BCUT2D eigenvalue weighted by molar-refractivity contribution is 14.1. The van der Waals surface area contributed by atoms with Crippen LogP contribution >= 0.6 is 98.1 Å². The van der Waals surface area contributed by atoms with Crippen molar-refractivity contribution in [1.82, 2.24) is 29.9 Å². The lowest BCUT2D eigenvalue weighted by Crippen LogP contribution is -2.19. The molecule has 0 unspecified atom stereocenters. The number of rotatable bonds is 9. The molecule has 0 spiro atoms. The van der Waals surface area contributed by atoms with E-state index in [1.807, 2.05) is 18.2 Å². The summed E-state index contributed by atoms with van der Waals surface area (Å²) in [6.07, 6.45) is 4.40. The van der Waals surface area contributed by atoms with Gasteiger partial charge in [-0.25, -0.2) is 15.0 Å². The molecule has 27 heteroatoms. The molecule has 14 N–H and O–H groups in total. The molecule has 3 aliphatic rings. The molecule has 6 heterocycles. The summed E-state index contributed by atoms with van der Waals surface area (Å²) in [6, 6.07) is 5.55. The van der Waals surface area contributed by atoms with Gasteiger partial charge in [0.25, 0.3) is 0 Å². The van der Waals surface area contributed by atoms with E-state index in [1.54, 1.807) is 21.5 Å². The first-order valence-electron chi connectivity index (χ1n) is 21.6. The van der Waals surface area contributed by atoms with Gasteiger partial charge in [0, 0.05) is 44.2 Å². The van der Waals surface area contributed by atoms with Crippen LogP contribution in [-0.2, 0) is 0 Å². The molecule has 0 saturated carbocycles. The van der Waals surface area contributed by atoms with E-state index in [0.29, 0.717) is 79.9 Å². The molecule has 3 aromatic carbocycles. The van der Waals surface area contributed by atoms with Gasteiger partial charge in [0.05, 0.1) is 29.3 Å². The predicted molar refractivity (Wildman–Crippen MR) is 309 cm³/mol. The maximum Gasteiger partial charge on any atom is 0.222 e. The highest BCUT2D eigenvalue weighted by Crippen LogP contribution is 2.52. The van der Waals surface area contributed by atoms with Crippen LogP contribution in [0.1, 0.15) is 76.0 Å². The first-order valence-corrected chi connectivity index (χ1v) is 27.6. The predicted octanol–water partition coefficient (Wildman–Crippen LogP) is 9.55. The molecule has 0 fully saturated rings. The Kier molecular flexibility index (Phi) is 21.2. The molecule has 0 radical (unpaired) electrons. The van der Waals surface area contributed by atoms with Crippen LogP contribution in [0.4, 0.5) is 35.3 Å². The van der Waals surface area contributed by atoms with Gasteiger partial charge >= 0.3 is 0 Å². The Hall–Kier alpha value is -4.93. The minimum absolute atomic E-state index is 0. The zero-order valence-corrected chi connectivity index (χ0v) is 49.0. The Morgan fingerprint density at radius 3 is 1.33 bits per heavy atom. The lowest BCUT2D eigenvalue weighted by atomic mass is 10.00. The molecule has 0 bridgehead atoms. The van der Waals surface area contributed by atoms with Gasteiger partial charge in [-0.05, 0) is 107 Å². The second kappa shape index (κ2) is 26.3. The van der Waals surface area contributed by atoms with Crippen molar-refractivity contribution in [3.05, 3.63) is 64.2 Å². The van der Waals surface area contributed by atoms with Gasteiger partial charge in [0.1, 0.15) is 56.9 Å². The number of aromatic nitrogens is 6. The number of ether oxygens (including phenoxy) is 9. The lowest BCUT2D eigenvalue weighted by molar-refractivity contribution is 0.167. The Bertz CT molecular complexity index is 2870. The van der Waals surface area contributed by atoms with Gasteiger partial charge in [-0.2, -0.15) is 15.0 Å². The van der Waals surface area contributed by atoms with Crippen molar-refractivity contribution in [2.45, 2.75) is 59.3 Å². The van der Waals surface area contributed by atoms with Crippen molar-refractivity contribution < 1.29 is 48.1 Å². The van der Waals surface area contributed by atoms with E-state index in [0.717, 1.165) is 56.1 Å². The number of nitrogen functional groups attached to an aromatic ring is 6. The average molecular weight is 1470 g/mol. The highest BCUT2D eigenvalue weighted by Gasteiger charge is 2.31. The summed E-state index contributed by atoms with van der Waals surface area (Å²) < 4.78 is 55.3. The molecule has 72 heavy (non-hydrogen) atoms. The smallest absolute Gasteiger partial charge is 0.222 e. The summed E-state index contributed by atoms with van der Waals surface area (Å²) >= 11 is 8.30. The summed E-state index contributed by atoms with van der Waals surface area (Å²) in [7, 11) is 4.61. The molecule has 0 aliphatic carbocycles. The van der Waals surface area contributed by atoms with E-state index in [2.05, 4.69) is 148 Å². The Morgan fingerprint density at radius 1 is 0.472 bits per heavy atom. The minimum atomic E-state index is 0. The molecular weight excluding hydrogens is 1410 g/mol. The molecule has 3 aliphatic heterocycles. The number of hydrogen-bond donors (Lipinski definition) is 6. The van der Waals surface area contributed by atoms with Crippen LogP contribution in [0.15, 0.2) is 36.8 Å². The Balaban J connectivity index is 0.000000196. The van der Waals surface area contributed by atoms with Crippen molar-refractivity contribution in [2.24, 2.45) is 0 Å². The summed E-state index contributed by atoms with van der Waals surface area (Å²) in [5, 5.41) is 0. The first kappa shape index (κ1) is 58.0. The van der Waals surface area contributed by atoms with Crippen LogP contribution in [0, 0.1) is 10.7 Å². The van der Waals surface area contributed by atoms with Crippen LogP contribution in [0.5, 0.6) is 69.0 Å². The van der Waals surface area contributed by atoms with Gasteiger partial charge in [-0.3, -0.25) is 0 Å². The maximum absolute atomic E-state index is 6.08. The highest BCUT2D eigenvalue weighted by atomic mass is 127. The van der Waals surface area contributed by atoms with Crippen LogP contribution in [0.25, 0.3) is 0 Å². The van der Waals surface area contributed by atoms with Gasteiger partial charge in [0.2, 0.25) is 17.8 Å². The topological polar surface area (TPSA) is 348 Å². The normalized spacial score (nSPS) is 12.8. The van der Waals surface area contributed by atoms with E-state index < -0.39 is 0 Å². The number of benzene rings is 3. The number of halogens is 5. The van der Waals surface area contributed by atoms with Crippen LogP contribution in [0.2, 0.25) is 0 Å². The quantitative estimate of drug-likeness (QED) is 0.0733. The molecule has 22 nitrogen and oxygen atoms in total. The van der Waals surface area contributed by atoms with Crippen molar-refractivity contribution in [3.8, 4) is 69.0 Å². The molecule has 0 amide bonds. The zero-order chi connectivity index (χ0) is 51.7. The minimum Gasteiger partial charge on any atom is -0.486 e. The van der Waals surface area contributed by atoms with Gasteiger partial charge in [-0.1, -0.05) is 41.5 Å². The van der Waals surface area contributed by atoms with Crippen LogP contribution in [-0.4, -0.2) is 75.0 Å². The molecule has 0 saturated heterocycles. The number of anilines is 6. The molecule has 9 rings (SSSR count). The van der Waals surface area contributed by atoms with E-state index in [1.165, 1.54) is 18.6 Å². The molecule has 6 aromatic rings. The average Bonchev–Trinajstić information content (AvgIpc) is 3.34.